The first-order valence-electron chi connectivity index (χ1n) is 9.05. The van der Waals surface area contributed by atoms with Crippen LogP contribution < -0.4 is 10.6 Å². The second-order valence-corrected chi connectivity index (χ2v) is 8.12. The van der Waals surface area contributed by atoms with Crippen molar-refractivity contribution in [1.82, 2.24) is 15.5 Å². The summed E-state index contributed by atoms with van der Waals surface area (Å²) in [5.41, 5.74) is 0. The topological polar surface area (TPSA) is 78.5 Å². The average Bonchev–Trinajstić information content (AvgIpc) is 3.08. The molecule has 0 aromatic rings. The number of carbonyl (C=O) groups excluding carboxylic acids is 3. The van der Waals surface area contributed by atoms with Gasteiger partial charge < -0.3 is 15.5 Å². The van der Waals surface area contributed by atoms with Crippen molar-refractivity contribution >= 4 is 29.5 Å². The first kappa shape index (κ1) is 17.6. The molecule has 1 saturated heterocycles. The van der Waals surface area contributed by atoms with E-state index in [0.29, 0.717) is 30.8 Å². The molecule has 3 rings (SSSR count). The third-order valence-corrected chi connectivity index (χ3v) is 6.36. The van der Waals surface area contributed by atoms with Gasteiger partial charge in [-0.1, -0.05) is 6.42 Å². The summed E-state index contributed by atoms with van der Waals surface area (Å²) in [6.07, 6.45) is 6.86. The van der Waals surface area contributed by atoms with E-state index in [4.69, 9.17) is 0 Å². The summed E-state index contributed by atoms with van der Waals surface area (Å²) in [6.45, 7) is 1.89. The van der Waals surface area contributed by atoms with Crippen LogP contribution in [0.1, 0.15) is 38.5 Å². The Labute approximate surface area is 147 Å². The van der Waals surface area contributed by atoms with Crippen molar-refractivity contribution in [3.8, 4) is 0 Å². The van der Waals surface area contributed by atoms with E-state index in [1.807, 2.05) is 4.90 Å². The number of rotatable bonds is 9. The lowest BCUT2D eigenvalue weighted by Gasteiger charge is -2.27. The fraction of sp³-hybridized carbons (Fsp3) is 0.824. The fourth-order valence-electron chi connectivity index (χ4n) is 3.78. The van der Waals surface area contributed by atoms with Gasteiger partial charge in [-0.15, -0.1) is 11.8 Å². The minimum Gasteiger partial charge on any atom is -0.355 e. The predicted molar refractivity (Wildman–Crippen MR) is 93.5 cm³/mol. The van der Waals surface area contributed by atoms with Gasteiger partial charge >= 0.3 is 0 Å². The highest BCUT2D eigenvalue weighted by Crippen LogP contribution is 2.37. The Kier molecular flexibility index (Phi) is 6.03. The number of carbonyl (C=O) groups is 3. The molecule has 0 unspecified atom stereocenters. The SMILES string of the molecule is O=C(CSCC(=O)NCC1CCC1)NCCN1C(=O)[C@@H]2CC[C@H]1C2. The Balaban J connectivity index is 1.21. The van der Waals surface area contributed by atoms with Crippen LogP contribution in [0.3, 0.4) is 0 Å². The molecule has 0 radical (unpaired) electrons. The van der Waals surface area contributed by atoms with Gasteiger partial charge in [0, 0.05) is 31.6 Å². The van der Waals surface area contributed by atoms with E-state index in [-0.39, 0.29) is 29.4 Å². The van der Waals surface area contributed by atoms with Gasteiger partial charge in [0.2, 0.25) is 17.7 Å². The number of amides is 3. The highest BCUT2D eigenvalue weighted by molar-refractivity contribution is 8.00. The molecule has 2 atom stereocenters. The smallest absolute Gasteiger partial charge is 0.230 e. The first-order valence-corrected chi connectivity index (χ1v) is 10.2. The van der Waals surface area contributed by atoms with Crippen molar-refractivity contribution in [1.29, 1.82) is 0 Å². The highest BCUT2D eigenvalue weighted by atomic mass is 32.2. The zero-order valence-electron chi connectivity index (χ0n) is 14.1. The molecule has 0 aromatic carbocycles. The van der Waals surface area contributed by atoms with Crippen LogP contribution in [0.2, 0.25) is 0 Å². The number of hydrogen-bond donors (Lipinski definition) is 2. The van der Waals surface area contributed by atoms with Crippen molar-refractivity contribution < 1.29 is 14.4 Å². The number of fused-ring (bicyclic) bond motifs is 2. The second kappa shape index (κ2) is 8.23. The minimum absolute atomic E-state index is 0.0124. The average molecular weight is 353 g/mol. The molecule has 0 spiro atoms. The Bertz CT molecular complexity index is 495. The summed E-state index contributed by atoms with van der Waals surface area (Å²) < 4.78 is 0. The molecule has 2 bridgehead atoms. The molecular weight excluding hydrogens is 326 g/mol. The summed E-state index contributed by atoms with van der Waals surface area (Å²) in [5, 5.41) is 5.77. The van der Waals surface area contributed by atoms with Gasteiger partial charge in [-0.2, -0.15) is 0 Å². The third-order valence-electron chi connectivity index (χ3n) is 5.43. The third kappa shape index (κ3) is 4.43. The maximum absolute atomic E-state index is 12.0. The van der Waals surface area contributed by atoms with Crippen molar-refractivity contribution in [2.75, 3.05) is 31.1 Å². The molecule has 24 heavy (non-hydrogen) atoms. The van der Waals surface area contributed by atoms with Gasteiger partial charge in [0.05, 0.1) is 11.5 Å². The van der Waals surface area contributed by atoms with E-state index < -0.39 is 0 Å². The minimum atomic E-state index is -0.0661. The molecule has 3 aliphatic rings. The Morgan fingerprint density at radius 3 is 2.46 bits per heavy atom. The van der Waals surface area contributed by atoms with Crippen molar-refractivity contribution in [2.45, 2.75) is 44.6 Å². The van der Waals surface area contributed by atoms with E-state index >= 15 is 0 Å². The molecule has 1 aliphatic heterocycles. The van der Waals surface area contributed by atoms with Gasteiger partial charge in [-0.25, -0.2) is 0 Å². The summed E-state index contributed by atoms with van der Waals surface area (Å²) in [7, 11) is 0. The molecule has 134 valence electrons. The molecule has 0 aromatic heterocycles. The number of nitrogens with zero attached hydrogens (tertiary/aromatic N) is 1. The first-order chi connectivity index (χ1) is 11.6. The van der Waals surface area contributed by atoms with Crippen molar-refractivity contribution in [2.24, 2.45) is 11.8 Å². The van der Waals surface area contributed by atoms with Crippen LogP contribution in [0.25, 0.3) is 0 Å². The molecule has 3 amide bonds. The summed E-state index contributed by atoms with van der Waals surface area (Å²) in [6, 6.07) is 0.396. The van der Waals surface area contributed by atoms with E-state index in [0.717, 1.165) is 25.8 Å². The number of piperidine rings is 1. The number of likely N-dealkylation sites (tertiary alicyclic amines) is 1. The predicted octanol–water partition coefficient (Wildman–Crippen LogP) is 0.763. The Morgan fingerprint density at radius 1 is 1.08 bits per heavy atom. The van der Waals surface area contributed by atoms with Crippen LogP contribution in [0, 0.1) is 11.8 Å². The van der Waals surface area contributed by atoms with Gasteiger partial charge in [0.1, 0.15) is 0 Å². The van der Waals surface area contributed by atoms with Crippen LogP contribution in [0.4, 0.5) is 0 Å². The van der Waals surface area contributed by atoms with E-state index in [1.54, 1.807) is 0 Å². The standard InChI is InChI=1S/C17H27N3O3S/c21-15(10-24-11-16(22)19-9-12-2-1-3-12)18-6-7-20-14-5-4-13(8-14)17(20)23/h12-14H,1-11H2,(H,18,21)(H,19,22)/t13-,14+/m1/s1. The molecule has 7 heteroatoms. The van der Waals surface area contributed by atoms with Gasteiger partial charge in [-0.05, 0) is 38.0 Å². The van der Waals surface area contributed by atoms with Gasteiger partial charge in [0.15, 0.2) is 0 Å². The van der Waals surface area contributed by atoms with Crippen LogP contribution in [0.15, 0.2) is 0 Å². The maximum atomic E-state index is 12.0. The van der Waals surface area contributed by atoms with E-state index in [1.165, 1.54) is 31.0 Å². The van der Waals surface area contributed by atoms with E-state index in [9.17, 15) is 14.4 Å². The van der Waals surface area contributed by atoms with Crippen LogP contribution >= 0.6 is 11.8 Å². The largest absolute Gasteiger partial charge is 0.355 e. The Hall–Kier alpha value is -1.24. The molecule has 2 N–H and O–H groups in total. The molecule has 3 fully saturated rings. The quantitative estimate of drug-likeness (QED) is 0.642. The number of hydrogen-bond acceptors (Lipinski definition) is 4. The highest BCUT2D eigenvalue weighted by Gasteiger charge is 2.43. The summed E-state index contributed by atoms with van der Waals surface area (Å²) >= 11 is 1.34. The van der Waals surface area contributed by atoms with Gasteiger partial charge in [-0.3, -0.25) is 14.4 Å². The zero-order valence-corrected chi connectivity index (χ0v) is 14.9. The summed E-state index contributed by atoms with van der Waals surface area (Å²) in [4.78, 5) is 37.4. The maximum Gasteiger partial charge on any atom is 0.230 e. The monoisotopic (exact) mass is 353 g/mol. The molecule has 6 nitrogen and oxygen atoms in total. The van der Waals surface area contributed by atoms with Crippen molar-refractivity contribution in [3.05, 3.63) is 0 Å². The van der Waals surface area contributed by atoms with Gasteiger partial charge in [0.25, 0.3) is 0 Å². The molecular formula is C17H27N3O3S. The van der Waals surface area contributed by atoms with Crippen LogP contribution in [-0.4, -0.2) is 59.8 Å². The zero-order chi connectivity index (χ0) is 16.9. The number of thioether (sulfide) groups is 1. The molecule has 1 heterocycles. The molecule has 2 saturated carbocycles. The number of nitrogens with one attached hydrogen (secondary N) is 2. The van der Waals surface area contributed by atoms with Crippen LogP contribution in [0.5, 0.6) is 0 Å². The second-order valence-electron chi connectivity index (χ2n) is 7.14. The van der Waals surface area contributed by atoms with E-state index in [2.05, 4.69) is 10.6 Å². The Morgan fingerprint density at radius 2 is 1.83 bits per heavy atom. The normalized spacial score (nSPS) is 25.7. The van der Waals surface area contributed by atoms with Crippen LogP contribution in [-0.2, 0) is 14.4 Å². The van der Waals surface area contributed by atoms with Crippen molar-refractivity contribution in [3.63, 3.8) is 0 Å². The summed E-state index contributed by atoms with van der Waals surface area (Å²) in [5.74, 6) is 1.72. The fourth-order valence-corrected chi connectivity index (χ4v) is 4.46. The lowest BCUT2D eigenvalue weighted by molar-refractivity contribution is -0.134. The lowest BCUT2D eigenvalue weighted by atomic mass is 9.85. The lowest BCUT2D eigenvalue weighted by Crippen LogP contribution is -2.42. The molecule has 2 aliphatic carbocycles.